The summed E-state index contributed by atoms with van der Waals surface area (Å²) in [7, 11) is 1.23. The van der Waals surface area contributed by atoms with E-state index in [-0.39, 0.29) is 6.61 Å². The molecule has 3 aromatic rings. The average Bonchev–Trinajstić information content (AvgIpc) is 2.77. The summed E-state index contributed by atoms with van der Waals surface area (Å²) >= 11 is 2.04. The average molecular weight is 524 g/mol. The van der Waals surface area contributed by atoms with E-state index in [1.54, 1.807) is 0 Å². The summed E-state index contributed by atoms with van der Waals surface area (Å²) in [5, 5.41) is 10.5. The number of hydrogen-bond donors (Lipinski definition) is 1. The highest BCUT2D eigenvalue weighted by atomic mass is 127. The van der Waals surface area contributed by atoms with Gasteiger partial charge in [0.2, 0.25) is 0 Å². The van der Waals surface area contributed by atoms with Crippen molar-refractivity contribution in [2.75, 3.05) is 31.2 Å². The van der Waals surface area contributed by atoms with Crippen LogP contribution in [0, 0.1) is 0 Å². The normalized spacial score (nSPS) is 12.1. The van der Waals surface area contributed by atoms with Gasteiger partial charge >= 0.3 is 0 Å². The molecule has 0 spiro atoms. The number of pyridine rings is 1. The first-order valence-corrected chi connectivity index (χ1v) is 12.9. The summed E-state index contributed by atoms with van der Waals surface area (Å²) in [4.78, 5) is 7.14. The highest BCUT2D eigenvalue weighted by Gasteiger charge is 2.11. The van der Waals surface area contributed by atoms with Crippen LogP contribution in [0.25, 0.3) is 22.2 Å². The Morgan fingerprint density at radius 1 is 1.07 bits per heavy atom. The molecule has 5 nitrogen and oxygen atoms in total. The molecule has 0 fully saturated rings. The van der Waals surface area contributed by atoms with E-state index in [0.717, 1.165) is 35.2 Å². The smallest absolute Gasteiger partial charge is 0.146 e. The number of aliphatic hydroxyl groups excluding tert-OH is 1. The number of anilines is 1. The Morgan fingerprint density at radius 2 is 1.79 bits per heavy atom. The number of fused-ring (bicyclic) bond motifs is 1. The van der Waals surface area contributed by atoms with Crippen LogP contribution in [0.4, 0.5) is 5.69 Å². The van der Waals surface area contributed by atoms with Crippen molar-refractivity contribution < 1.29 is 14.0 Å². The minimum atomic E-state index is -0.412. The van der Waals surface area contributed by atoms with Gasteiger partial charge < -0.3 is 18.9 Å². The lowest BCUT2D eigenvalue weighted by molar-refractivity contribution is 0.0800. The Kier molecular flexibility index (Phi) is 8.40. The highest BCUT2D eigenvalue weighted by Crippen LogP contribution is 2.26. The van der Waals surface area contributed by atoms with E-state index in [1.165, 1.54) is 14.9 Å². The van der Waals surface area contributed by atoms with Crippen molar-refractivity contribution in [2.45, 2.75) is 20.0 Å². The number of nitrogens with zero attached hydrogens (tertiary/aromatic N) is 2. The van der Waals surface area contributed by atoms with Crippen LogP contribution in [-0.4, -0.2) is 42.5 Å². The summed E-state index contributed by atoms with van der Waals surface area (Å²) in [6, 6.07) is 18.4. The topological polar surface area (TPSA) is 54.8 Å². The predicted molar refractivity (Wildman–Crippen MR) is 130 cm³/mol. The molecule has 0 aliphatic rings. The minimum Gasteiger partial charge on any atom is -0.485 e. The first kappa shape index (κ1) is 22.1. The van der Waals surface area contributed by atoms with Gasteiger partial charge in [0.1, 0.15) is 18.5 Å². The fourth-order valence-electron chi connectivity index (χ4n) is 3.18. The van der Waals surface area contributed by atoms with Gasteiger partial charge in [-0.2, -0.15) is 0 Å². The number of aliphatic hydroxyl groups is 1. The van der Waals surface area contributed by atoms with Crippen molar-refractivity contribution in [3.8, 4) is 17.0 Å². The van der Waals surface area contributed by atoms with Crippen LogP contribution in [-0.2, 0) is 4.18 Å². The van der Waals surface area contributed by atoms with Crippen LogP contribution in [0.1, 0.15) is 13.8 Å². The quantitative estimate of drug-likeness (QED) is 0.279. The van der Waals surface area contributed by atoms with Gasteiger partial charge in [-0.25, -0.2) is 4.98 Å². The number of benzene rings is 2. The van der Waals surface area contributed by atoms with E-state index in [2.05, 4.69) is 49.1 Å². The van der Waals surface area contributed by atoms with Crippen molar-refractivity contribution in [3.05, 3.63) is 54.6 Å². The zero-order valence-electron chi connectivity index (χ0n) is 16.5. The zero-order chi connectivity index (χ0) is 20.6. The summed E-state index contributed by atoms with van der Waals surface area (Å²) < 4.78 is 11.1. The summed E-state index contributed by atoms with van der Waals surface area (Å²) in [5.74, 6) is 0.667. The van der Waals surface area contributed by atoms with Gasteiger partial charge in [-0.3, -0.25) is 0 Å². The monoisotopic (exact) mass is 524 g/mol. The van der Waals surface area contributed by atoms with Crippen molar-refractivity contribution in [3.63, 3.8) is 0 Å². The van der Waals surface area contributed by atoms with Crippen LogP contribution in [0.2, 0.25) is 0 Å². The standard InChI is InChI=1S/C22H25IN2O3S/c1-3-25(4-2)18-9-5-16(6-10-18)21-12-8-17-7-11-19(13-22(17)24-21)28-20(14-26)15-27-29-23/h5-13,20,26H,3-4,14-15H2,1-2H3. The molecule has 29 heavy (non-hydrogen) atoms. The lowest BCUT2D eigenvalue weighted by Gasteiger charge is -2.21. The van der Waals surface area contributed by atoms with Gasteiger partial charge in [0.05, 0.1) is 27.0 Å². The second-order valence-corrected chi connectivity index (χ2v) is 7.98. The number of rotatable bonds is 10. The Bertz CT molecular complexity index is 920. The zero-order valence-corrected chi connectivity index (χ0v) is 19.5. The Labute approximate surface area is 188 Å². The van der Waals surface area contributed by atoms with E-state index in [4.69, 9.17) is 13.9 Å². The largest absolute Gasteiger partial charge is 0.485 e. The Morgan fingerprint density at radius 3 is 2.45 bits per heavy atom. The molecular weight excluding hydrogens is 499 g/mol. The fraction of sp³-hybridized carbons (Fsp3) is 0.318. The maximum Gasteiger partial charge on any atom is 0.146 e. The molecule has 2 aromatic carbocycles. The molecule has 0 radical (unpaired) electrons. The van der Waals surface area contributed by atoms with Crippen molar-refractivity contribution >= 4 is 47.0 Å². The van der Waals surface area contributed by atoms with Crippen LogP contribution in [0.3, 0.4) is 0 Å². The molecule has 0 saturated heterocycles. The minimum absolute atomic E-state index is 0.110. The highest BCUT2D eigenvalue weighted by molar-refractivity contribution is 14.2. The molecule has 0 saturated carbocycles. The molecule has 154 valence electrons. The van der Waals surface area contributed by atoms with E-state index in [0.29, 0.717) is 12.4 Å². The van der Waals surface area contributed by atoms with Gasteiger partial charge in [0.15, 0.2) is 0 Å². The molecule has 0 aliphatic heterocycles. The van der Waals surface area contributed by atoms with Crippen molar-refractivity contribution in [2.24, 2.45) is 0 Å². The fourth-order valence-corrected chi connectivity index (χ4v) is 3.82. The Hall–Kier alpha value is -1.55. The molecule has 1 unspecified atom stereocenters. The molecule has 7 heteroatoms. The molecule has 1 heterocycles. The summed E-state index contributed by atoms with van der Waals surface area (Å²) in [5.41, 5.74) is 4.07. The van der Waals surface area contributed by atoms with Gasteiger partial charge in [-0.15, -0.1) is 0 Å². The van der Waals surface area contributed by atoms with Gasteiger partial charge in [-0.05, 0) is 44.2 Å². The number of hydrogen-bond acceptors (Lipinski definition) is 6. The lowest BCUT2D eigenvalue weighted by Crippen LogP contribution is -2.25. The van der Waals surface area contributed by atoms with Crippen LogP contribution in [0.15, 0.2) is 54.6 Å². The van der Waals surface area contributed by atoms with Crippen molar-refractivity contribution in [1.29, 1.82) is 0 Å². The third-order valence-corrected chi connectivity index (χ3v) is 5.75. The maximum atomic E-state index is 9.48. The lowest BCUT2D eigenvalue weighted by atomic mass is 10.1. The first-order chi connectivity index (χ1) is 14.2. The molecule has 0 amide bonds. The van der Waals surface area contributed by atoms with Gasteiger partial charge in [0.25, 0.3) is 0 Å². The second-order valence-electron chi connectivity index (χ2n) is 6.54. The first-order valence-electron chi connectivity index (χ1n) is 9.62. The predicted octanol–water partition coefficient (Wildman–Crippen LogP) is 5.50. The number of ether oxygens (including phenoxy) is 1. The van der Waals surface area contributed by atoms with E-state index >= 15 is 0 Å². The third kappa shape index (κ3) is 5.75. The maximum absolute atomic E-state index is 9.48. The van der Waals surface area contributed by atoms with Crippen LogP contribution < -0.4 is 9.64 Å². The van der Waals surface area contributed by atoms with Crippen LogP contribution in [0.5, 0.6) is 5.75 Å². The second kappa shape index (κ2) is 11.0. The summed E-state index contributed by atoms with van der Waals surface area (Å²) in [6.45, 7) is 6.51. The Balaban J connectivity index is 1.83. The number of halogens is 1. The van der Waals surface area contributed by atoms with E-state index < -0.39 is 6.10 Å². The molecule has 3 rings (SSSR count). The van der Waals surface area contributed by atoms with E-state index in [9.17, 15) is 5.11 Å². The molecule has 1 atom stereocenters. The summed E-state index contributed by atoms with van der Waals surface area (Å²) in [6.07, 6.45) is -0.412. The van der Waals surface area contributed by atoms with E-state index in [1.807, 2.05) is 45.5 Å². The van der Waals surface area contributed by atoms with Crippen LogP contribution >= 0.6 is 30.4 Å². The molecule has 1 N–H and O–H groups in total. The van der Waals surface area contributed by atoms with Crippen molar-refractivity contribution in [1.82, 2.24) is 4.98 Å². The molecule has 0 aliphatic carbocycles. The SMILES string of the molecule is CCN(CC)c1ccc(-c2ccc3ccc(OC(CO)COSI)cc3n2)cc1. The number of aromatic nitrogens is 1. The molecule has 1 aromatic heterocycles. The molecule has 0 bridgehead atoms. The third-order valence-electron chi connectivity index (χ3n) is 4.76. The van der Waals surface area contributed by atoms with Gasteiger partial charge in [-0.1, -0.05) is 18.2 Å². The molecular formula is C22H25IN2O3S. The van der Waals surface area contributed by atoms with Gasteiger partial charge in [0, 0.05) is 57.0 Å².